The first kappa shape index (κ1) is 17.7. The second-order valence-corrected chi connectivity index (χ2v) is 6.05. The molecule has 6 heteroatoms. The van der Waals surface area contributed by atoms with Crippen molar-refractivity contribution in [3.05, 3.63) is 58.8 Å². The van der Waals surface area contributed by atoms with Crippen molar-refractivity contribution in [2.24, 2.45) is 0 Å². The fourth-order valence-electron chi connectivity index (χ4n) is 2.70. The largest absolute Gasteiger partial charge is 0.462 e. The van der Waals surface area contributed by atoms with Crippen molar-refractivity contribution in [3.8, 4) is 0 Å². The number of rotatable bonds is 5. The van der Waals surface area contributed by atoms with Gasteiger partial charge in [-0.25, -0.2) is 4.79 Å². The molecule has 6 nitrogen and oxygen atoms in total. The van der Waals surface area contributed by atoms with E-state index < -0.39 is 5.97 Å². The van der Waals surface area contributed by atoms with Crippen molar-refractivity contribution in [1.29, 1.82) is 0 Å². The van der Waals surface area contributed by atoms with Gasteiger partial charge >= 0.3 is 5.97 Å². The lowest BCUT2D eigenvalue weighted by Gasteiger charge is -2.09. The maximum absolute atomic E-state index is 12.5. The van der Waals surface area contributed by atoms with Crippen LogP contribution in [-0.4, -0.2) is 23.6 Å². The quantitative estimate of drug-likeness (QED) is 0.706. The fraction of sp³-hybridized carbons (Fsp3) is 0.250. The lowest BCUT2D eigenvalue weighted by atomic mass is 10.1. The Morgan fingerprint density at radius 3 is 2.65 bits per heavy atom. The number of aromatic nitrogens is 1. The summed E-state index contributed by atoms with van der Waals surface area (Å²) in [5.41, 5.74) is 4.16. The second kappa shape index (κ2) is 7.39. The zero-order valence-corrected chi connectivity index (χ0v) is 15.0. The Labute approximate surface area is 151 Å². The number of amides is 1. The van der Waals surface area contributed by atoms with Crippen LogP contribution >= 0.6 is 0 Å². The van der Waals surface area contributed by atoms with Crippen LogP contribution in [0.1, 0.15) is 34.1 Å². The molecule has 1 aromatic heterocycles. The molecule has 1 heterocycles. The minimum atomic E-state index is -0.471. The molecule has 0 aliphatic heterocycles. The zero-order chi connectivity index (χ0) is 18.7. The van der Waals surface area contributed by atoms with Gasteiger partial charge in [0, 0.05) is 5.39 Å². The van der Waals surface area contributed by atoms with E-state index >= 15 is 0 Å². The van der Waals surface area contributed by atoms with Crippen LogP contribution in [0.5, 0.6) is 0 Å². The Balaban J connectivity index is 1.80. The first-order valence-electron chi connectivity index (χ1n) is 8.41. The van der Waals surface area contributed by atoms with Crippen molar-refractivity contribution in [2.75, 3.05) is 11.9 Å². The number of anilines is 1. The predicted molar refractivity (Wildman–Crippen MR) is 98.2 cm³/mol. The van der Waals surface area contributed by atoms with Crippen LogP contribution in [0.2, 0.25) is 0 Å². The van der Waals surface area contributed by atoms with Crippen molar-refractivity contribution in [2.45, 2.75) is 27.2 Å². The number of nitrogens with one attached hydrogen (secondary N) is 1. The summed E-state index contributed by atoms with van der Waals surface area (Å²) < 4.78 is 10.3. The molecule has 0 spiro atoms. The molecule has 0 unspecified atom stereocenters. The van der Waals surface area contributed by atoms with Gasteiger partial charge in [-0.1, -0.05) is 17.3 Å². The minimum absolute atomic E-state index is 0.0483. The van der Waals surface area contributed by atoms with Crippen LogP contribution in [0, 0.1) is 13.8 Å². The highest BCUT2D eigenvalue weighted by molar-refractivity contribution is 6.02. The normalized spacial score (nSPS) is 10.7. The summed E-state index contributed by atoms with van der Waals surface area (Å²) in [4.78, 5) is 24.5. The molecule has 0 atom stereocenters. The number of esters is 1. The number of fused-ring (bicyclic) bond motifs is 1. The Morgan fingerprint density at radius 2 is 1.88 bits per heavy atom. The van der Waals surface area contributed by atoms with Crippen molar-refractivity contribution < 1.29 is 18.8 Å². The number of hydrogen-bond acceptors (Lipinski definition) is 5. The van der Waals surface area contributed by atoms with Gasteiger partial charge in [-0.05, 0) is 56.2 Å². The first-order chi connectivity index (χ1) is 12.5. The molecular formula is C20H20N2O4. The van der Waals surface area contributed by atoms with Crippen molar-refractivity contribution >= 4 is 28.5 Å². The van der Waals surface area contributed by atoms with E-state index in [1.807, 2.05) is 26.0 Å². The predicted octanol–water partition coefficient (Wildman–Crippen LogP) is 3.80. The number of aryl methyl sites for hydroxylation is 2. The highest BCUT2D eigenvalue weighted by Crippen LogP contribution is 2.23. The van der Waals surface area contributed by atoms with E-state index in [2.05, 4.69) is 10.5 Å². The minimum Gasteiger partial charge on any atom is -0.462 e. The first-order valence-corrected chi connectivity index (χ1v) is 8.41. The third kappa shape index (κ3) is 3.59. The van der Waals surface area contributed by atoms with Crippen molar-refractivity contribution in [1.82, 2.24) is 5.16 Å². The van der Waals surface area contributed by atoms with E-state index in [9.17, 15) is 9.59 Å². The van der Waals surface area contributed by atoms with Gasteiger partial charge in [-0.3, -0.25) is 4.79 Å². The zero-order valence-electron chi connectivity index (χ0n) is 15.0. The van der Waals surface area contributed by atoms with Crippen LogP contribution in [0.4, 0.5) is 5.69 Å². The van der Waals surface area contributed by atoms with Gasteiger partial charge in [-0.2, -0.15) is 0 Å². The highest BCUT2D eigenvalue weighted by Gasteiger charge is 2.17. The van der Waals surface area contributed by atoms with E-state index in [-0.39, 0.29) is 18.9 Å². The summed E-state index contributed by atoms with van der Waals surface area (Å²) in [5, 5.41) is 7.60. The molecule has 0 bridgehead atoms. The summed E-state index contributed by atoms with van der Waals surface area (Å²) in [6, 6.07) is 10.6. The highest BCUT2D eigenvalue weighted by atomic mass is 16.5. The van der Waals surface area contributed by atoms with Crippen LogP contribution in [0.15, 0.2) is 40.9 Å². The molecule has 1 amide bonds. The summed E-state index contributed by atoms with van der Waals surface area (Å²) >= 11 is 0. The Hall–Kier alpha value is -3.15. The third-order valence-corrected chi connectivity index (χ3v) is 4.19. The molecule has 0 aliphatic rings. The van der Waals surface area contributed by atoms with E-state index in [1.165, 1.54) is 0 Å². The molecule has 0 saturated carbocycles. The number of ether oxygens (including phenoxy) is 1. The van der Waals surface area contributed by atoms with E-state index in [4.69, 9.17) is 9.26 Å². The molecular weight excluding hydrogens is 332 g/mol. The van der Waals surface area contributed by atoms with Crippen LogP contribution in [0.3, 0.4) is 0 Å². The van der Waals surface area contributed by atoms with Gasteiger partial charge in [0.05, 0.1) is 24.3 Å². The van der Waals surface area contributed by atoms with Gasteiger partial charge in [-0.15, -0.1) is 0 Å². The number of carbonyl (C=O) groups excluding carboxylic acids is 2. The SMILES string of the molecule is CCOC(=O)c1ccccc1NC(=O)Cc1noc2cc(C)c(C)cc12. The standard InChI is InChI=1S/C20H20N2O4/c1-4-25-20(24)14-7-5-6-8-16(14)21-19(23)11-17-15-9-12(2)13(3)10-18(15)26-22-17/h5-10H,4,11H2,1-3H3,(H,21,23). The summed E-state index contributed by atoms with van der Waals surface area (Å²) in [7, 11) is 0. The average molecular weight is 352 g/mol. The molecule has 1 N–H and O–H groups in total. The average Bonchev–Trinajstić information content (AvgIpc) is 2.97. The molecule has 3 aromatic rings. The van der Waals surface area contributed by atoms with E-state index in [0.29, 0.717) is 22.5 Å². The van der Waals surface area contributed by atoms with E-state index in [0.717, 1.165) is 16.5 Å². The molecule has 0 fully saturated rings. The maximum Gasteiger partial charge on any atom is 0.340 e. The molecule has 0 radical (unpaired) electrons. The second-order valence-electron chi connectivity index (χ2n) is 6.05. The smallest absolute Gasteiger partial charge is 0.340 e. The van der Waals surface area contributed by atoms with Crippen LogP contribution < -0.4 is 5.32 Å². The molecule has 0 saturated heterocycles. The lowest BCUT2D eigenvalue weighted by Crippen LogP contribution is -2.17. The van der Waals surface area contributed by atoms with E-state index in [1.54, 1.807) is 31.2 Å². The molecule has 134 valence electrons. The molecule has 3 rings (SSSR count). The number of carbonyl (C=O) groups is 2. The van der Waals surface area contributed by atoms with Crippen molar-refractivity contribution in [3.63, 3.8) is 0 Å². The topological polar surface area (TPSA) is 81.4 Å². The Bertz CT molecular complexity index is 975. The van der Waals surface area contributed by atoms with Gasteiger partial charge < -0.3 is 14.6 Å². The van der Waals surface area contributed by atoms with Gasteiger partial charge in [0.15, 0.2) is 5.58 Å². The number of nitrogens with zero attached hydrogens (tertiary/aromatic N) is 1. The number of hydrogen-bond donors (Lipinski definition) is 1. The number of para-hydroxylation sites is 1. The monoisotopic (exact) mass is 352 g/mol. The Morgan fingerprint density at radius 1 is 1.15 bits per heavy atom. The summed E-state index contributed by atoms with van der Waals surface area (Å²) in [6.45, 7) is 6.00. The molecule has 0 aliphatic carbocycles. The fourth-order valence-corrected chi connectivity index (χ4v) is 2.70. The Kier molecular flexibility index (Phi) is 5.02. The summed E-state index contributed by atoms with van der Waals surface area (Å²) in [6.07, 6.45) is 0.0483. The van der Waals surface area contributed by atoms with Crippen LogP contribution in [0.25, 0.3) is 11.0 Å². The van der Waals surface area contributed by atoms with Gasteiger partial charge in [0.2, 0.25) is 5.91 Å². The third-order valence-electron chi connectivity index (χ3n) is 4.19. The summed E-state index contributed by atoms with van der Waals surface area (Å²) in [5.74, 6) is -0.753. The maximum atomic E-state index is 12.5. The van der Waals surface area contributed by atoms with Gasteiger partial charge in [0.25, 0.3) is 0 Å². The molecule has 26 heavy (non-hydrogen) atoms. The van der Waals surface area contributed by atoms with Crippen LogP contribution in [-0.2, 0) is 16.0 Å². The lowest BCUT2D eigenvalue weighted by molar-refractivity contribution is -0.115. The number of benzene rings is 2. The molecule has 2 aromatic carbocycles. The van der Waals surface area contributed by atoms with Gasteiger partial charge in [0.1, 0.15) is 5.69 Å².